The molecule has 1 aromatic heterocycles. The standard InChI is InChI=1S/C12H18ClN5O/c1-17-3-4-18(2)9(8-17)5-16-12(19)10-6-15-11(13)7-14-10/h6-7,9H,3-5,8H2,1-2H3,(H,16,19). The van der Waals surface area contributed by atoms with Crippen molar-refractivity contribution in [3.63, 3.8) is 0 Å². The molecule has 2 rings (SSSR count). The van der Waals surface area contributed by atoms with Crippen molar-refractivity contribution in [3.8, 4) is 0 Å². The first-order valence-electron chi connectivity index (χ1n) is 6.21. The lowest BCUT2D eigenvalue weighted by Gasteiger charge is -2.37. The van der Waals surface area contributed by atoms with Crippen molar-refractivity contribution in [2.24, 2.45) is 0 Å². The van der Waals surface area contributed by atoms with E-state index in [-0.39, 0.29) is 16.8 Å². The summed E-state index contributed by atoms with van der Waals surface area (Å²) in [4.78, 5) is 24.2. The number of hydrogen-bond donors (Lipinski definition) is 1. The largest absolute Gasteiger partial charge is 0.349 e. The number of halogens is 1. The van der Waals surface area contributed by atoms with Crippen LogP contribution in [-0.2, 0) is 0 Å². The third kappa shape index (κ3) is 3.86. The van der Waals surface area contributed by atoms with Crippen molar-refractivity contribution < 1.29 is 4.79 Å². The minimum absolute atomic E-state index is 0.217. The minimum atomic E-state index is -0.217. The van der Waals surface area contributed by atoms with Gasteiger partial charge in [-0.05, 0) is 14.1 Å². The Hall–Kier alpha value is -1.24. The van der Waals surface area contributed by atoms with Crippen LogP contribution in [0.4, 0.5) is 0 Å². The highest BCUT2D eigenvalue weighted by molar-refractivity contribution is 6.29. The molecule has 0 spiro atoms. The molecule has 1 unspecified atom stereocenters. The molecule has 1 aromatic rings. The topological polar surface area (TPSA) is 61.4 Å². The number of carbonyl (C=O) groups excluding carboxylic acids is 1. The molecule has 1 saturated heterocycles. The number of likely N-dealkylation sites (N-methyl/N-ethyl adjacent to an activating group) is 2. The molecule has 1 aliphatic heterocycles. The Morgan fingerprint density at radius 2 is 2.21 bits per heavy atom. The Bertz CT molecular complexity index is 438. The Labute approximate surface area is 117 Å². The molecule has 1 fully saturated rings. The number of carbonyl (C=O) groups is 1. The van der Waals surface area contributed by atoms with Gasteiger partial charge >= 0.3 is 0 Å². The summed E-state index contributed by atoms with van der Waals surface area (Å²) in [6, 6.07) is 0.322. The molecule has 19 heavy (non-hydrogen) atoms. The summed E-state index contributed by atoms with van der Waals surface area (Å²) in [5.41, 5.74) is 0.288. The fourth-order valence-corrected chi connectivity index (χ4v) is 2.15. The van der Waals surface area contributed by atoms with E-state index in [0.717, 1.165) is 19.6 Å². The number of nitrogens with zero attached hydrogens (tertiary/aromatic N) is 4. The van der Waals surface area contributed by atoms with Gasteiger partial charge in [0.15, 0.2) is 0 Å². The Balaban J connectivity index is 1.87. The number of hydrogen-bond acceptors (Lipinski definition) is 5. The van der Waals surface area contributed by atoms with Crippen LogP contribution in [0, 0.1) is 0 Å². The van der Waals surface area contributed by atoms with Crippen LogP contribution < -0.4 is 5.32 Å². The van der Waals surface area contributed by atoms with Gasteiger partial charge in [-0.1, -0.05) is 11.6 Å². The second kappa shape index (κ2) is 6.27. The molecule has 1 aliphatic rings. The highest BCUT2D eigenvalue weighted by Crippen LogP contribution is 2.05. The third-order valence-corrected chi connectivity index (χ3v) is 3.53. The normalized spacial score (nSPS) is 21.3. The predicted octanol–water partition coefficient (Wildman–Crippen LogP) is 0.106. The maximum atomic E-state index is 11.9. The van der Waals surface area contributed by atoms with Crippen molar-refractivity contribution >= 4 is 17.5 Å². The summed E-state index contributed by atoms with van der Waals surface area (Å²) < 4.78 is 0. The first-order chi connectivity index (χ1) is 9.06. The molecule has 0 aliphatic carbocycles. The molecule has 0 radical (unpaired) electrons. The molecule has 104 valence electrons. The van der Waals surface area contributed by atoms with E-state index < -0.39 is 0 Å². The summed E-state index contributed by atoms with van der Waals surface area (Å²) in [7, 11) is 4.17. The van der Waals surface area contributed by atoms with Crippen molar-refractivity contribution in [2.45, 2.75) is 6.04 Å². The van der Waals surface area contributed by atoms with Crippen molar-refractivity contribution in [3.05, 3.63) is 23.2 Å². The highest BCUT2D eigenvalue weighted by atomic mass is 35.5. The Morgan fingerprint density at radius 1 is 1.42 bits per heavy atom. The number of nitrogens with one attached hydrogen (secondary N) is 1. The smallest absolute Gasteiger partial charge is 0.271 e. The lowest BCUT2D eigenvalue weighted by Crippen LogP contribution is -2.54. The zero-order chi connectivity index (χ0) is 13.8. The summed E-state index contributed by atoms with van der Waals surface area (Å²) >= 11 is 5.63. The number of aromatic nitrogens is 2. The lowest BCUT2D eigenvalue weighted by molar-refractivity contribution is 0.0876. The van der Waals surface area contributed by atoms with Crippen molar-refractivity contribution in [1.82, 2.24) is 25.1 Å². The fourth-order valence-electron chi connectivity index (χ4n) is 2.05. The van der Waals surface area contributed by atoms with Gasteiger partial charge in [0.25, 0.3) is 5.91 Å². The van der Waals surface area contributed by atoms with Crippen LogP contribution in [0.5, 0.6) is 0 Å². The van der Waals surface area contributed by atoms with Gasteiger partial charge in [0.2, 0.25) is 0 Å². The van der Waals surface area contributed by atoms with Crippen molar-refractivity contribution in [1.29, 1.82) is 0 Å². The molecule has 1 atom stereocenters. The van der Waals surface area contributed by atoms with E-state index in [1.54, 1.807) is 0 Å². The monoisotopic (exact) mass is 283 g/mol. The molecule has 0 bridgehead atoms. The van der Waals surface area contributed by atoms with Crippen LogP contribution in [0.15, 0.2) is 12.4 Å². The molecule has 7 heteroatoms. The molecule has 6 nitrogen and oxygen atoms in total. The van der Waals surface area contributed by atoms with Gasteiger partial charge < -0.3 is 10.2 Å². The summed E-state index contributed by atoms with van der Waals surface area (Å²) in [5.74, 6) is -0.217. The quantitative estimate of drug-likeness (QED) is 0.853. The average molecular weight is 284 g/mol. The van der Waals surface area contributed by atoms with Gasteiger partial charge in [-0.3, -0.25) is 9.69 Å². The molecule has 0 aromatic carbocycles. The van der Waals surface area contributed by atoms with Gasteiger partial charge in [0, 0.05) is 32.2 Å². The van der Waals surface area contributed by atoms with E-state index in [4.69, 9.17) is 11.6 Å². The van der Waals surface area contributed by atoms with E-state index in [0.29, 0.717) is 12.6 Å². The lowest BCUT2D eigenvalue weighted by atomic mass is 10.2. The Morgan fingerprint density at radius 3 is 2.89 bits per heavy atom. The molecule has 0 saturated carbocycles. The number of rotatable bonds is 3. The summed E-state index contributed by atoms with van der Waals surface area (Å²) in [6.07, 6.45) is 2.76. The second-order valence-electron chi connectivity index (χ2n) is 4.83. The third-order valence-electron chi connectivity index (χ3n) is 3.33. The summed E-state index contributed by atoms with van der Waals surface area (Å²) in [5, 5.41) is 3.17. The molecular weight excluding hydrogens is 266 g/mol. The van der Waals surface area contributed by atoms with Crippen LogP contribution in [0.2, 0.25) is 5.15 Å². The van der Waals surface area contributed by atoms with Crippen molar-refractivity contribution in [2.75, 3.05) is 40.3 Å². The molecule has 1 N–H and O–H groups in total. The zero-order valence-electron chi connectivity index (χ0n) is 11.1. The SMILES string of the molecule is CN1CCN(C)C(CNC(=O)c2cnc(Cl)cn2)C1. The fraction of sp³-hybridized carbons (Fsp3) is 0.583. The van der Waals surface area contributed by atoms with Crippen LogP contribution >= 0.6 is 11.6 Å². The number of amides is 1. The first kappa shape index (κ1) is 14.2. The van der Waals surface area contributed by atoms with Gasteiger partial charge in [0.05, 0.1) is 12.4 Å². The van der Waals surface area contributed by atoms with Crippen LogP contribution in [0.1, 0.15) is 10.5 Å². The van der Waals surface area contributed by atoms with Gasteiger partial charge in [-0.25, -0.2) is 9.97 Å². The van der Waals surface area contributed by atoms with Crippen LogP contribution in [0.3, 0.4) is 0 Å². The molecule has 1 amide bonds. The van der Waals surface area contributed by atoms with Gasteiger partial charge in [-0.15, -0.1) is 0 Å². The van der Waals surface area contributed by atoms with Crippen LogP contribution in [0.25, 0.3) is 0 Å². The molecule has 2 heterocycles. The molecular formula is C12H18ClN5O. The maximum absolute atomic E-state index is 11.9. The maximum Gasteiger partial charge on any atom is 0.271 e. The average Bonchev–Trinajstić information content (AvgIpc) is 2.40. The zero-order valence-corrected chi connectivity index (χ0v) is 11.9. The summed E-state index contributed by atoms with van der Waals surface area (Å²) in [6.45, 7) is 3.62. The van der Waals surface area contributed by atoms with E-state index in [1.807, 2.05) is 0 Å². The highest BCUT2D eigenvalue weighted by Gasteiger charge is 2.22. The van der Waals surface area contributed by atoms with E-state index in [2.05, 4.69) is 39.2 Å². The minimum Gasteiger partial charge on any atom is -0.349 e. The van der Waals surface area contributed by atoms with Gasteiger partial charge in [0.1, 0.15) is 10.8 Å². The predicted molar refractivity (Wildman–Crippen MR) is 73.3 cm³/mol. The van der Waals surface area contributed by atoms with E-state index in [1.165, 1.54) is 12.4 Å². The number of piperazine rings is 1. The first-order valence-corrected chi connectivity index (χ1v) is 6.58. The van der Waals surface area contributed by atoms with Crippen LogP contribution in [-0.4, -0.2) is 72.0 Å². The Kier molecular flexibility index (Phi) is 4.68. The van der Waals surface area contributed by atoms with E-state index >= 15 is 0 Å². The second-order valence-corrected chi connectivity index (χ2v) is 5.22. The van der Waals surface area contributed by atoms with E-state index in [9.17, 15) is 4.79 Å². The van der Waals surface area contributed by atoms with Gasteiger partial charge in [-0.2, -0.15) is 0 Å².